The fourth-order valence-electron chi connectivity index (χ4n) is 1.78. The third-order valence-corrected chi connectivity index (χ3v) is 2.80. The third-order valence-electron chi connectivity index (χ3n) is 2.80. The van der Waals surface area contributed by atoms with Crippen LogP contribution in [0, 0.1) is 0 Å². The van der Waals surface area contributed by atoms with Gasteiger partial charge in [-0.25, -0.2) is 4.98 Å². The van der Waals surface area contributed by atoms with Gasteiger partial charge >= 0.3 is 0 Å². The number of ether oxygens (including phenoxy) is 1. The first-order chi connectivity index (χ1) is 9.84. The molecule has 2 rings (SSSR count). The van der Waals surface area contributed by atoms with Crippen LogP contribution in [0.1, 0.15) is 18.7 Å². The second kappa shape index (κ2) is 7.99. The number of amides is 1. The number of hydrogen-bond acceptors (Lipinski definition) is 3. The molecule has 0 saturated heterocycles. The van der Waals surface area contributed by atoms with Gasteiger partial charge in [0.15, 0.2) is 0 Å². The number of nitrogens with one attached hydrogen (secondary N) is 2. The molecule has 1 aromatic heterocycles. The van der Waals surface area contributed by atoms with Gasteiger partial charge < -0.3 is 15.0 Å². The summed E-state index contributed by atoms with van der Waals surface area (Å²) in [6.45, 7) is 1.15. The highest BCUT2D eigenvalue weighted by Crippen LogP contribution is 2.08. The van der Waals surface area contributed by atoms with E-state index in [9.17, 15) is 4.79 Å². The van der Waals surface area contributed by atoms with Crippen molar-refractivity contribution in [3.63, 3.8) is 0 Å². The van der Waals surface area contributed by atoms with Crippen molar-refractivity contribution in [2.75, 3.05) is 13.2 Å². The van der Waals surface area contributed by atoms with Crippen LogP contribution in [0.2, 0.25) is 0 Å². The average Bonchev–Trinajstić information content (AvgIpc) is 2.98. The van der Waals surface area contributed by atoms with E-state index in [4.69, 9.17) is 4.74 Å². The van der Waals surface area contributed by atoms with Gasteiger partial charge in [0, 0.05) is 31.8 Å². The van der Waals surface area contributed by atoms with Crippen molar-refractivity contribution >= 4 is 5.91 Å². The predicted molar refractivity (Wildman–Crippen MR) is 76.5 cm³/mol. The SMILES string of the molecule is O=C(CCCOc1ccccc1)NCCc1ncc[nH]1. The van der Waals surface area contributed by atoms with E-state index in [0.717, 1.165) is 18.0 Å². The van der Waals surface area contributed by atoms with Gasteiger partial charge in [-0.15, -0.1) is 0 Å². The number of benzene rings is 1. The molecule has 0 saturated carbocycles. The summed E-state index contributed by atoms with van der Waals surface area (Å²) < 4.78 is 5.52. The molecule has 0 unspecified atom stereocenters. The van der Waals surface area contributed by atoms with E-state index in [1.165, 1.54) is 0 Å². The van der Waals surface area contributed by atoms with Crippen molar-refractivity contribution in [2.24, 2.45) is 0 Å². The van der Waals surface area contributed by atoms with E-state index in [1.807, 2.05) is 30.3 Å². The Morgan fingerprint density at radius 3 is 2.90 bits per heavy atom. The molecule has 0 spiro atoms. The van der Waals surface area contributed by atoms with Crippen molar-refractivity contribution in [3.05, 3.63) is 48.5 Å². The largest absolute Gasteiger partial charge is 0.494 e. The molecule has 0 bridgehead atoms. The number of nitrogens with zero attached hydrogens (tertiary/aromatic N) is 1. The Bertz CT molecular complexity index is 497. The monoisotopic (exact) mass is 273 g/mol. The van der Waals surface area contributed by atoms with Gasteiger partial charge in [-0.2, -0.15) is 0 Å². The summed E-state index contributed by atoms with van der Waals surface area (Å²) in [5.74, 6) is 1.77. The Balaban J connectivity index is 1.52. The molecule has 5 nitrogen and oxygen atoms in total. The maximum atomic E-state index is 11.6. The summed E-state index contributed by atoms with van der Waals surface area (Å²) in [5, 5.41) is 2.87. The highest BCUT2D eigenvalue weighted by molar-refractivity contribution is 5.75. The standard InChI is InChI=1S/C15H19N3O2/c19-15(18-9-8-14-16-10-11-17-14)7-4-12-20-13-5-2-1-3-6-13/h1-3,5-6,10-11H,4,7-9,12H2,(H,16,17)(H,18,19). The Morgan fingerprint density at radius 1 is 1.30 bits per heavy atom. The summed E-state index contributed by atoms with van der Waals surface area (Å²) >= 11 is 0. The molecule has 0 aliphatic carbocycles. The first kappa shape index (κ1) is 14.1. The summed E-state index contributed by atoms with van der Waals surface area (Å²) in [6, 6.07) is 9.61. The lowest BCUT2D eigenvalue weighted by molar-refractivity contribution is -0.121. The Kier molecular flexibility index (Phi) is 5.64. The molecule has 2 aromatic rings. The number of carbonyl (C=O) groups is 1. The molecule has 5 heteroatoms. The fraction of sp³-hybridized carbons (Fsp3) is 0.333. The predicted octanol–water partition coefficient (Wildman–Crippen LogP) is 1.93. The lowest BCUT2D eigenvalue weighted by Gasteiger charge is -2.06. The van der Waals surface area contributed by atoms with Crippen LogP contribution in [0.25, 0.3) is 0 Å². The minimum Gasteiger partial charge on any atom is -0.494 e. The quantitative estimate of drug-likeness (QED) is 0.722. The lowest BCUT2D eigenvalue weighted by atomic mass is 10.3. The molecule has 1 heterocycles. The number of imidazole rings is 1. The van der Waals surface area contributed by atoms with Gasteiger partial charge in [-0.1, -0.05) is 18.2 Å². The summed E-state index contributed by atoms with van der Waals surface area (Å²) in [4.78, 5) is 18.7. The summed E-state index contributed by atoms with van der Waals surface area (Å²) in [7, 11) is 0. The maximum Gasteiger partial charge on any atom is 0.220 e. The van der Waals surface area contributed by atoms with Crippen LogP contribution in [-0.2, 0) is 11.2 Å². The molecule has 2 N–H and O–H groups in total. The van der Waals surface area contributed by atoms with E-state index < -0.39 is 0 Å². The highest BCUT2D eigenvalue weighted by Gasteiger charge is 2.02. The van der Waals surface area contributed by atoms with Crippen LogP contribution in [0.4, 0.5) is 0 Å². The number of rotatable bonds is 8. The van der Waals surface area contributed by atoms with Gasteiger partial charge in [0.05, 0.1) is 6.61 Å². The summed E-state index contributed by atoms with van der Waals surface area (Å²) in [5.41, 5.74) is 0. The van der Waals surface area contributed by atoms with Gasteiger partial charge in [0.1, 0.15) is 11.6 Å². The first-order valence-electron chi connectivity index (χ1n) is 6.77. The van der Waals surface area contributed by atoms with Crippen LogP contribution < -0.4 is 10.1 Å². The number of aromatic nitrogens is 2. The minimum absolute atomic E-state index is 0.0493. The average molecular weight is 273 g/mol. The molecule has 0 aliphatic heterocycles. The number of H-pyrrole nitrogens is 1. The van der Waals surface area contributed by atoms with Crippen LogP contribution in [0.5, 0.6) is 5.75 Å². The fourth-order valence-corrected chi connectivity index (χ4v) is 1.78. The van der Waals surface area contributed by atoms with Gasteiger partial charge in [-0.3, -0.25) is 4.79 Å². The molecule has 106 valence electrons. The molecule has 0 fully saturated rings. The molecule has 0 radical (unpaired) electrons. The van der Waals surface area contributed by atoms with Crippen LogP contribution in [0.3, 0.4) is 0 Å². The van der Waals surface area contributed by atoms with Crippen molar-refractivity contribution in [2.45, 2.75) is 19.3 Å². The smallest absolute Gasteiger partial charge is 0.220 e. The Hall–Kier alpha value is -2.30. The minimum atomic E-state index is 0.0493. The van der Waals surface area contributed by atoms with Crippen LogP contribution >= 0.6 is 0 Å². The van der Waals surface area contributed by atoms with Crippen molar-refractivity contribution in [1.29, 1.82) is 0 Å². The van der Waals surface area contributed by atoms with Gasteiger partial charge in [0.2, 0.25) is 5.91 Å². The lowest BCUT2D eigenvalue weighted by Crippen LogP contribution is -2.26. The first-order valence-corrected chi connectivity index (χ1v) is 6.77. The zero-order valence-corrected chi connectivity index (χ0v) is 11.3. The maximum absolute atomic E-state index is 11.6. The van der Waals surface area contributed by atoms with Crippen molar-refractivity contribution in [3.8, 4) is 5.75 Å². The van der Waals surface area contributed by atoms with E-state index in [2.05, 4.69) is 15.3 Å². The number of para-hydroxylation sites is 1. The zero-order valence-electron chi connectivity index (χ0n) is 11.3. The molecule has 1 amide bonds. The third kappa shape index (κ3) is 5.14. The molecule has 1 aromatic carbocycles. The zero-order chi connectivity index (χ0) is 14.0. The number of hydrogen-bond donors (Lipinski definition) is 2. The number of aromatic amines is 1. The normalized spacial score (nSPS) is 10.2. The second-order valence-electron chi connectivity index (χ2n) is 4.40. The summed E-state index contributed by atoms with van der Waals surface area (Å²) in [6.07, 6.45) is 5.39. The van der Waals surface area contributed by atoms with E-state index in [0.29, 0.717) is 26.0 Å². The van der Waals surface area contributed by atoms with Crippen molar-refractivity contribution in [1.82, 2.24) is 15.3 Å². The van der Waals surface area contributed by atoms with Gasteiger partial charge in [0.25, 0.3) is 0 Å². The topological polar surface area (TPSA) is 67.0 Å². The van der Waals surface area contributed by atoms with Gasteiger partial charge in [-0.05, 0) is 18.6 Å². The second-order valence-corrected chi connectivity index (χ2v) is 4.40. The molecule has 20 heavy (non-hydrogen) atoms. The van der Waals surface area contributed by atoms with E-state index in [1.54, 1.807) is 12.4 Å². The molecular formula is C15H19N3O2. The highest BCUT2D eigenvalue weighted by atomic mass is 16.5. The molecular weight excluding hydrogens is 254 g/mol. The van der Waals surface area contributed by atoms with Crippen LogP contribution in [-0.4, -0.2) is 29.0 Å². The number of carbonyl (C=O) groups excluding carboxylic acids is 1. The molecule has 0 atom stereocenters. The van der Waals surface area contributed by atoms with E-state index >= 15 is 0 Å². The Morgan fingerprint density at radius 2 is 2.15 bits per heavy atom. The Labute approximate surface area is 118 Å². The van der Waals surface area contributed by atoms with Crippen LogP contribution in [0.15, 0.2) is 42.7 Å². The van der Waals surface area contributed by atoms with Crippen molar-refractivity contribution < 1.29 is 9.53 Å². The molecule has 0 aliphatic rings. The van der Waals surface area contributed by atoms with E-state index in [-0.39, 0.29) is 5.91 Å².